The van der Waals surface area contributed by atoms with Gasteiger partial charge in [0.2, 0.25) is 10.0 Å². The third-order valence-corrected chi connectivity index (χ3v) is 3.62. The van der Waals surface area contributed by atoms with Crippen LogP contribution in [0.1, 0.15) is 5.56 Å². The molecule has 0 amide bonds. The van der Waals surface area contributed by atoms with E-state index >= 15 is 0 Å². The molecule has 0 aliphatic rings. The number of nitrogens with zero attached hydrogens (tertiary/aromatic N) is 1. The molecule has 0 heterocycles. The van der Waals surface area contributed by atoms with E-state index in [4.69, 9.17) is 0 Å². The Balaban J connectivity index is 3.18. The summed E-state index contributed by atoms with van der Waals surface area (Å²) in [6.07, 6.45) is 0. The number of hydrogen-bond donors (Lipinski definition) is 1. The van der Waals surface area contributed by atoms with Crippen LogP contribution in [0.15, 0.2) is 23.1 Å². The Hall–Kier alpha value is -2.00. The number of nitrogens with one attached hydrogen (secondary N) is 1. The van der Waals surface area contributed by atoms with E-state index in [2.05, 4.69) is 0 Å². The van der Waals surface area contributed by atoms with E-state index in [9.17, 15) is 28.4 Å². The lowest BCUT2D eigenvalue weighted by Gasteiger charge is -2.09. The summed E-state index contributed by atoms with van der Waals surface area (Å²) in [5.41, 5.74) is -0.124. The standard InChI is InChI=1S/C9H10N2O6S/c1-6-2-3-7(11(14)15)4-8(6)18(16,17)10-5-9(12)13/h2-4,10H,5H2,1H3,(H,12,13)/p-1. The van der Waals surface area contributed by atoms with Crippen molar-refractivity contribution in [3.63, 3.8) is 0 Å². The van der Waals surface area contributed by atoms with E-state index in [-0.39, 0.29) is 10.5 Å². The number of hydrogen-bond acceptors (Lipinski definition) is 6. The molecule has 0 unspecified atom stereocenters. The average Bonchev–Trinajstić information content (AvgIpc) is 2.26. The van der Waals surface area contributed by atoms with Crippen molar-refractivity contribution in [2.24, 2.45) is 0 Å². The maximum Gasteiger partial charge on any atom is 0.270 e. The first kappa shape index (κ1) is 14.1. The van der Waals surface area contributed by atoms with Gasteiger partial charge in [0.15, 0.2) is 0 Å². The molecule has 1 aromatic carbocycles. The minimum Gasteiger partial charge on any atom is -0.549 e. The molecule has 0 fully saturated rings. The lowest BCUT2D eigenvalue weighted by molar-refractivity contribution is -0.385. The molecule has 98 valence electrons. The summed E-state index contributed by atoms with van der Waals surface area (Å²) < 4.78 is 25.2. The number of rotatable bonds is 5. The van der Waals surface area contributed by atoms with Crippen molar-refractivity contribution >= 4 is 21.7 Å². The number of sulfonamides is 1. The quantitative estimate of drug-likeness (QED) is 0.537. The number of aliphatic carboxylic acids is 1. The van der Waals surface area contributed by atoms with Crippen LogP contribution in [0.2, 0.25) is 0 Å². The van der Waals surface area contributed by atoms with Crippen LogP contribution in [0, 0.1) is 17.0 Å². The molecule has 8 nitrogen and oxygen atoms in total. The Morgan fingerprint density at radius 1 is 1.44 bits per heavy atom. The number of non-ortho nitro benzene ring substituents is 1. The first-order chi connectivity index (χ1) is 8.24. The molecule has 0 radical (unpaired) electrons. The second-order valence-corrected chi connectivity index (χ2v) is 5.14. The first-order valence-corrected chi connectivity index (χ1v) is 6.17. The lowest BCUT2D eigenvalue weighted by Crippen LogP contribution is -2.37. The van der Waals surface area contributed by atoms with Crippen molar-refractivity contribution in [3.8, 4) is 0 Å². The Morgan fingerprint density at radius 2 is 2.06 bits per heavy atom. The zero-order valence-electron chi connectivity index (χ0n) is 9.24. The fourth-order valence-corrected chi connectivity index (χ4v) is 2.45. The molecule has 18 heavy (non-hydrogen) atoms. The minimum atomic E-state index is -4.12. The van der Waals surface area contributed by atoms with Crippen LogP contribution in [0.25, 0.3) is 0 Å². The summed E-state index contributed by atoms with van der Waals surface area (Å²) in [5.74, 6) is -1.60. The number of carbonyl (C=O) groups excluding carboxylic acids is 1. The van der Waals surface area contributed by atoms with Gasteiger partial charge in [0.05, 0.1) is 22.3 Å². The van der Waals surface area contributed by atoms with Crippen molar-refractivity contribution in [2.45, 2.75) is 11.8 Å². The summed E-state index contributed by atoms with van der Waals surface area (Å²) in [4.78, 5) is 19.7. The second kappa shape index (κ2) is 5.10. The zero-order chi connectivity index (χ0) is 13.9. The molecule has 1 aromatic rings. The third kappa shape index (κ3) is 3.25. The number of aryl methyl sites for hydroxylation is 1. The molecule has 0 aliphatic heterocycles. The maximum absolute atomic E-state index is 11.7. The highest BCUT2D eigenvalue weighted by Gasteiger charge is 2.19. The van der Waals surface area contributed by atoms with Crippen molar-refractivity contribution in [1.82, 2.24) is 4.72 Å². The van der Waals surface area contributed by atoms with Crippen LogP contribution < -0.4 is 9.83 Å². The highest BCUT2D eigenvalue weighted by molar-refractivity contribution is 7.89. The highest BCUT2D eigenvalue weighted by Crippen LogP contribution is 2.21. The lowest BCUT2D eigenvalue weighted by atomic mass is 10.2. The predicted octanol–water partition coefficient (Wildman–Crippen LogP) is -1.07. The monoisotopic (exact) mass is 273 g/mol. The topological polar surface area (TPSA) is 129 Å². The molecule has 1 rings (SSSR count). The molecule has 9 heteroatoms. The molecule has 0 saturated heterocycles. The fourth-order valence-electron chi connectivity index (χ4n) is 1.22. The van der Waals surface area contributed by atoms with Crippen LogP contribution in [0.4, 0.5) is 5.69 Å². The molecule has 1 N–H and O–H groups in total. The van der Waals surface area contributed by atoms with E-state index in [1.807, 2.05) is 0 Å². The maximum atomic E-state index is 11.7. The summed E-state index contributed by atoms with van der Waals surface area (Å²) in [5, 5.41) is 20.7. The highest BCUT2D eigenvalue weighted by atomic mass is 32.2. The zero-order valence-corrected chi connectivity index (χ0v) is 10.1. The van der Waals surface area contributed by atoms with Gasteiger partial charge in [0, 0.05) is 12.1 Å². The number of nitro benzene ring substituents is 1. The second-order valence-electron chi connectivity index (χ2n) is 3.40. The van der Waals surface area contributed by atoms with Gasteiger partial charge in [-0.1, -0.05) is 6.07 Å². The van der Waals surface area contributed by atoms with Gasteiger partial charge in [-0.2, -0.15) is 0 Å². The van der Waals surface area contributed by atoms with E-state index < -0.39 is 33.1 Å². The van der Waals surface area contributed by atoms with Crippen LogP contribution in [-0.2, 0) is 14.8 Å². The van der Waals surface area contributed by atoms with Gasteiger partial charge in [0.25, 0.3) is 5.69 Å². The van der Waals surface area contributed by atoms with Gasteiger partial charge in [-0.15, -0.1) is 0 Å². The normalized spacial score (nSPS) is 11.2. The van der Waals surface area contributed by atoms with Crippen molar-refractivity contribution in [2.75, 3.05) is 6.54 Å². The van der Waals surface area contributed by atoms with E-state index in [0.29, 0.717) is 0 Å². The van der Waals surface area contributed by atoms with Crippen LogP contribution >= 0.6 is 0 Å². The Morgan fingerprint density at radius 3 is 2.56 bits per heavy atom. The Labute approximate surface area is 102 Å². The molecule has 0 atom stereocenters. The first-order valence-electron chi connectivity index (χ1n) is 4.68. The molecule has 0 bridgehead atoms. The van der Waals surface area contributed by atoms with Gasteiger partial charge in [0.1, 0.15) is 0 Å². The van der Waals surface area contributed by atoms with Crippen LogP contribution in [0.5, 0.6) is 0 Å². The predicted molar refractivity (Wildman–Crippen MR) is 58.0 cm³/mol. The number of benzene rings is 1. The minimum absolute atomic E-state index is 0.270. The summed E-state index contributed by atoms with van der Waals surface area (Å²) in [7, 11) is -4.12. The fraction of sp³-hybridized carbons (Fsp3) is 0.222. The van der Waals surface area contributed by atoms with Gasteiger partial charge >= 0.3 is 0 Å². The smallest absolute Gasteiger partial charge is 0.270 e. The number of carbonyl (C=O) groups is 1. The molecular weight excluding hydrogens is 264 g/mol. The SMILES string of the molecule is Cc1ccc([N+](=O)[O-])cc1S(=O)(=O)NCC(=O)[O-]. The largest absolute Gasteiger partial charge is 0.549 e. The van der Waals surface area contributed by atoms with Gasteiger partial charge in [-0.05, 0) is 12.5 Å². The van der Waals surface area contributed by atoms with Gasteiger partial charge in [-0.25, -0.2) is 13.1 Å². The number of carboxylic acid groups (broad SMARTS) is 1. The van der Waals surface area contributed by atoms with Crippen molar-refractivity contribution < 1.29 is 23.2 Å². The van der Waals surface area contributed by atoms with E-state index in [1.165, 1.54) is 13.0 Å². The van der Waals surface area contributed by atoms with Crippen LogP contribution in [0.3, 0.4) is 0 Å². The molecule has 0 aliphatic carbocycles. The number of carboxylic acids is 1. The summed E-state index contributed by atoms with van der Waals surface area (Å²) in [6, 6.07) is 3.30. The van der Waals surface area contributed by atoms with E-state index in [0.717, 1.165) is 12.1 Å². The molecule has 0 spiro atoms. The van der Waals surface area contributed by atoms with Gasteiger partial charge < -0.3 is 9.90 Å². The summed E-state index contributed by atoms with van der Waals surface area (Å²) in [6.45, 7) is 0.543. The molecule has 0 saturated carbocycles. The summed E-state index contributed by atoms with van der Waals surface area (Å²) >= 11 is 0. The van der Waals surface area contributed by atoms with Crippen LogP contribution in [-0.4, -0.2) is 25.9 Å². The number of nitro groups is 1. The molecular formula is C9H9N2O6S-. The van der Waals surface area contributed by atoms with Crippen molar-refractivity contribution in [1.29, 1.82) is 0 Å². The van der Waals surface area contributed by atoms with Crippen molar-refractivity contribution in [3.05, 3.63) is 33.9 Å². The van der Waals surface area contributed by atoms with E-state index in [1.54, 1.807) is 4.72 Å². The third-order valence-electron chi connectivity index (χ3n) is 2.08. The average molecular weight is 273 g/mol. The Bertz CT molecular complexity index is 595. The van der Waals surface area contributed by atoms with Gasteiger partial charge in [-0.3, -0.25) is 10.1 Å². The Kier molecular flexibility index (Phi) is 3.99. The molecule has 0 aromatic heterocycles.